The molecule has 1 amide bonds. The third-order valence-corrected chi connectivity index (χ3v) is 4.66. The third kappa shape index (κ3) is 6.25. The van der Waals surface area contributed by atoms with Crippen molar-refractivity contribution in [1.29, 1.82) is 0 Å². The maximum Gasteiger partial charge on any atom is 0.416 e. The van der Waals surface area contributed by atoms with E-state index in [-0.39, 0.29) is 20.8 Å². The van der Waals surface area contributed by atoms with Gasteiger partial charge in [0.2, 0.25) is 0 Å². The zero-order chi connectivity index (χ0) is 22.6. The molecule has 0 aliphatic heterocycles. The predicted molar refractivity (Wildman–Crippen MR) is 120 cm³/mol. The van der Waals surface area contributed by atoms with E-state index in [4.69, 9.17) is 12.2 Å². The number of nitrogens with one attached hydrogen (secondary N) is 3. The summed E-state index contributed by atoms with van der Waals surface area (Å²) in [5.41, 5.74) is 0.226. The highest BCUT2D eigenvalue weighted by Gasteiger charge is 2.31. The van der Waals surface area contributed by atoms with E-state index in [2.05, 4.69) is 31.9 Å². The van der Waals surface area contributed by atoms with Gasteiger partial charge in [-0.05, 0) is 66.8 Å². The third-order valence-electron chi connectivity index (χ3n) is 4.00. The Kier molecular flexibility index (Phi) is 6.91. The van der Waals surface area contributed by atoms with Gasteiger partial charge in [0.25, 0.3) is 5.91 Å². The largest absolute Gasteiger partial charge is 0.416 e. The van der Waals surface area contributed by atoms with Crippen molar-refractivity contribution >= 4 is 56.2 Å². The molecule has 3 aromatic carbocycles. The molecule has 0 aliphatic rings. The molecule has 160 valence electrons. The van der Waals surface area contributed by atoms with Crippen LogP contribution in [0.15, 0.2) is 71.2 Å². The summed E-state index contributed by atoms with van der Waals surface area (Å²) in [4.78, 5) is 12.1. The molecule has 10 heteroatoms. The molecule has 0 saturated heterocycles. The van der Waals surface area contributed by atoms with Gasteiger partial charge >= 0.3 is 6.18 Å². The molecule has 0 aliphatic carbocycles. The van der Waals surface area contributed by atoms with Gasteiger partial charge in [0.05, 0.1) is 11.1 Å². The van der Waals surface area contributed by atoms with E-state index in [1.807, 2.05) is 0 Å². The first-order valence-corrected chi connectivity index (χ1v) is 9.94. The molecule has 0 heterocycles. The number of carbonyl (C=O) groups excluding carboxylic acids is 1. The number of halogens is 5. The second kappa shape index (κ2) is 9.44. The number of alkyl halides is 3. The average molecular weight is 512 g/mol. The summed E-state index contributed by atoms with van der Waals surface area (Å²) in [6.07, 6.45) is -4.49. The highest BCUT2D eigenvalue weighted by atomic mass is 79.9. The van der Waals surface area contributed by atoms with Gasteiger partial charge in [0, 0.05) is 21.5 Å². The topological polar surface area (TPSA) is 53.2 Å². The van der Waals surface area contributed by atoms with Crippen LogP contribution in [0, 0.1) is 5.82 Å². The van der Waals surface area contributed by atoms with Gasteiger partial charge < -0.3 is 16.0 Å². The summed E-state index contributed by atoms with van der Waals surface area (Å²) in [5.74, 6) is -1.22. The number of hydrogen-bond acceptors (Lipinski definition) is 2. The van der Waals surface area contributed by atoms with Crippen LogP contribution < -0.4 is 16.0 Å². The quantitative estimate of drug-likeness (QED) is 0.270. The SMILES string of the molecule is O=C(Nc1ccc(NC(=S)Nc2cc(Br)cc(C(F)(F)F)c2)cc1)c1ccccc1F. The van der Waals surface area contributed by atoms with E-state index >= 15 is 0 Å². The lowest BCUT2D eigenvalue weighted by Gasteiger charge is -2.14. The van der Waals surface area contributed by atoms with Crippen LogP contribution in [0.3, 0.4) is 0 Å². The summed E-state index contributed by atoms with van der Waals surface area (Å²) >= 11 is 8.20. The van der Waals surface area contributed by atoms with E-state index in [1.165, 1.54) is 24.3 Å². The number of hydrogen-bond donors (Lipinski definition) is 3. The summed E-state index contributed by atoms with van der Waals surface area (Å²) in [6, 6.07) is 15.3. The molecular formula is C21H14BrF4N3OS. The normalized spacial score (nSPS) is 11.0. The molecule has 0 unspecified atom stereocenters. The first-order valence-electron chi connectivity index (χ1n) is 8.73. The zero-order valence-corrected chi connectivity index (χ0v) is 18.0. The summed E-state index contributed by atoms with van der Waals surface area (Å²) in [5, 5.41) is 8.19. The Morgan fingerprint density at radius 3 is 2.03 bits per heavy atom. The van der Waals surface area contributed by atoms with Crippen molar-refractivity contribution in [3.05, 3.63) is 88.1 Å². The number of thiocarbonyl (C=S) groups is 1. The Hall–Kier alpha value is -2.98. The molecule has 0 atom stereocenters. The van der Waals surface area contributed by atoms with Gasteiger partial charge in [-0.15, -0.1) is 0 Å². The second-order valence-electron chi connectivity index (χ2n) is 6.32. The molecule has 0 fully saturated rings. The number of rotatable bonds is 4. The molecule has 3 N–H and O–H groups in total. The number of anilines is 3. The maximum atomic E-state index is 13.7. The van der Waals surface area contributed by atoms with Gasteiger partial charge in [-0.2, -0.15) is 13.2 Å². The Morgan fingerprint density at radius 1 is 0.839 bits per heavy atom. The van der Waals surface area contributed by atoms with Crippen LogP contribution in [0.2, 0.25) is 0 Å². The first kappa shape index (κ1) is 22.7. The van der Waals surface area contributed by atoms with Crippen molar-refractivity contribution < 1.29 is 22.4 Å². The van der Waals surface area contributed by atoms with Crippen LogP contribution in [0.25, 0.3) is 0 Å². The monoisotopic (exact) mass is 511 g/mol. The molecule has 0 bridgehead atoms. The molecule has 4 nitrogen and oxygen atoms in total. The van der Waals surface area contributed by atoms with Crippen LogP contribution in [-0.2, 0) is 6.18 Å². The minimum absolute atomic E-state index is 0.0781. The van der Waals surface area contributed by atoms with Gasteiger partial charge in [0.15, 0.2) is 5.11 Å². The van der Waals surface area contributed by atoms with Crippen LogP contribution in [0.1, 0.15) is 15.9 Å². The summed E-state index contributed by atoms with van der Waals surface area (Å²) in [6.45, 7) is 0. The van der Waals surface area contributed by atoms with Crippen molar-refractivity contribution in [2.24, 2.45) is 0 Å². The predicted octanol–water partition coefficient (Wildman–Crippen LogP) is 6.67. The standard InChI is InChI=1S/C21H14BrF4N3OS/c22-13-9-12(21(24,25)26)10-16(11-13)29-20(31)28-15-7-5-14(6-8-15)27-19(30)17-3-1-2-4-18(17)23/h1-11H,(H,27,30)(H2,28,29,31). The lowest BCUT2D eigenvalue weighted by atomic mass is 10.2. The van der Waals surface area contributed by atoms with Crippen LogP contribution in [0.5, 0.6) is 0 Å². The minimum atomic E-state index is -4.49. The highest BCUT2D eigenvalue weighted by molar-refractivity contribution is 9.10. The lowest BCUT2D eigenvalue weighted by Crippen LogP contribution is -2.19. The Bertz CT molecular complexity index is 1120. The van der Waals surface area contributed by atoms with E-state index in [9.17, 15) is 22.4 Å². The van der Waals surface area contributed by atoms with Crippen molar-refractivity contribution in [3.63, 3.8) is 0 Å². The van der Waals surface area contributed by atoms with Crippen molar-refractivity contribution in [1.82, 2.24) is 0 Å². The lowest BCUT2D eigenvalue weighted by molar-refractivity contribution is -0.137. The van der Waals surface area contributed by atoms with Crippen LogP contribution in [0.4, 0.5) is 34.6 Å². The van der Waals surface area contributed by atoms with Crippen molar-refractivity contribution in [2.75, 3.05) is 16.0 Å². The Labute approximate surface area is 188 Å². The van der Waals surface area contributed by atoms with E-state index in [1.54, 1.807) is 30.3 Å². The molecule has 31 heavy (non-hydrogen) atoms. The smallest absolute Gasteiger partial charge is 0.332 e. The van der Waals surface area contributed by atoms with Gasteiger partial charge in [-0.1, -0.05) is 28.1 Å². The van der Waals surface area contributed by atoms with Gasteiger partial charge in [0.1, 0.15) is 5.82 Å². The Balaban J connectivity index is 1.62. The van der Waals surface area contributed by atoms with Gasteiger partial charge in [-0.25, -0.2) is 4.39 Å². The van der Waals surface area contributed by atoms with E-state index in [0.717, 1.165) is 12.1 Å². The van der Waals surface area contributed by atoms with E-state index < -0.39 is 23.5 Å². The van der Waals surface area contributed by atoms with Crippen molar-refractivity contribution in [2.45, 2.75) is 6.18 Å². The van der Waals surface area contributed by atoms with Crippen LogP contribution >= 0.6 is 28.1 Å². The minimum Gasteiger partial charge on any atom is -0.332 e. The summed E-state index contributed by atoms with van der Waals surface area (Å²) in [7, 11) is 0. The summed E-state index contributed by atoms with van der Waals surface area (Å²) < 4.78 is 52.8. The molecule has 0 radical (unpaired) electrons. The highest BCUT2D eigenvalue weighted by Crippen LogP contribution is 2.33. The van der Waals surface area contributed by atoms with Gasteiger partial charge in [-0.3, -0.25) is 4.79 Å². The second-order valence-corrected chi connectivity index (χ2v) is 7.64. The molecule has 0 saturated carbocycles. The molecule has 3 rings (SSSR count). The Morgan fingerprint density at radius 2 is 1.42 bits per heavy atom. The molecule has 0 spiro atoms. The maximum absolute atomic E-state index is 13.7. The molecular weight excluding hydrogens is 498 g/mol. The first-order chi connectivity index (χ1) is 14.6. The number of benzene rings is 3. The fourth-order valence-electron chi connectivity index (χ4n) is 2.60. The average Bonchev–Trinajstić information content (AvgIpc) is 2.68. The molecule has 0 aromatic heterocycles. The molecule has 3 aromatic rings. The number of carbonyl (C=O) groups is 1. The fourth-order valence-corrected chi connectivity index (χ4v) is 3.33. The van der Waals surface area contributed by atoms with E-state index in [0.29, 0.717) is 11.4 Å². The van der Waals surface area contributed by atoms with Crippen LogP contribution in [-0.4, -0.2) is 11.0 Å². The number of amides is 1. The zero-order valence-electron chi connectivity index (χ0n) is 15.6. The fraction of sp³-hybridized carbons (Fsp3) is 0.0476. The van der Waals surface area contributed by atoms with Crippen molar-refractivity contribution in [3.8, 4) is 0 Å².